The van der Waals surface area contributed by atoms with E-state index in [0.29, 0.717) is 39.1 Å². The van der Waals surface area contributed by atoms with Crippen LogP contribution in [-0.2, 0) is 19.1 Å². The molecule has 120 valence electrons. The molecule has 0 saturated carbocycles. The molecular weight excluding hydrogens is 274 g/mol. The summed E-state index contributed by atoms with van der Waals surface area (Å²) in [5.41, 5.74) is 5.36. The van der Waals surface area contributed by atoms with Gasteiger partial charge in [-0.2, -0.15) is 0 Å². The van der Waals surface area contributed by atoms with E-state index in [1.807, 2.05) is 0 Å². The zero-order valence-electron chi connectivity index (χ0n) is 12.6. The minimum Gasteiger partial charge on any atom is -0.381 e. The smallest absolute Gasteiger partial charge is 0.248 e. The number of amides is 2. The summed E-state index contributed by atoms with van der Waals surface area (Å²) in [6.07, 6.45) is 2.63. The molecule has 0 bridgehead atoms. The van der Waals surface area contributed by atoms with Gasteiger partial charge in [-0.1, -0.05) is 0 Å². The Balaban J connectivity index is 1.78. The predicted molar refractivity (Wildman–Crippen MR) is 76.6 cm³/mol. The Morgan fingerprint density at radius 1 is 1.33 bits per heavy atom. The molecule has 2 rings (SSSR count). The molecule has 2 aliphatic heterocycles. The quantitative estimate of drug-likeness (QED) is 0.712. The van der Waals surface area contributed by atoms with Crippen LogP contribution in [0.2, 0.25) is 0 Å². The molecule has 3 N–H and O–H groups in total. The Hall–Kier alpha value is -1.18. The average Bonchev–Trinajstić information content (AvgIpc) is 2.49. The summed E-state index contributed by atoms with van der Waals surface area (Å²) in [6.45, 7) is 2.48. The molecule has 0 aromatic carbocycles. The van der Waals surface area contributed by atoms with E-state index >= 15 is 0 Å². The molecule has 2 fully saturated rings. The Kier molecular flexibility index (Phi) is 5.55. The molecule has 0 radical (unpaired) electrons. The summed E-state index contributed by atoms with van der Waals surface area (Å²) in [6, 6.07) is 0.0902. The van der Waals surface area contributed by atoms with E-state index in [4.69, 9.17) is 15.2 Å². The second-order valence-electron chi connectivity index (χ2n) is 5.83. The van der Waals surface area contributed by atoms with Crippen LogP contribution in [0.3, 0.4) is 0 Å². The molecule has 0 aromatic rings. The molecule has 2 heterocycles. The number of nitrogens with zero attached hydrogens (tertiary/aromatic N) is 1. The van der Waals surface area contributed by atoms with Crippen LogP contribution in [-0.4, -0.2) is 68.3 Å². The number of hydrogen-bond acceptors (Lipinski definition) is 5. The second kappa shape index (κ2) is 7.20. The maximum atomic E-state index is 12.3. The van der Waals surface area contributed by atoms with Gasteiger partial charge in [-0.15, -0.1) is 0 Å². The highest BCUT2D eigenvalue weighted by molar-refractivity contribution is 5.86. The van der Waals surface area contributed by atoms with Gasteiger partial charge in [0, 0.05) is 39.5 Å². The lowest BCUT2D eigenvalue weighted by Gasteiger charge is -2.36. The molecule has 7 heteroatoms. The van der Waals surface area contributed by atoms with Crippen LogP contribution in [0, 0.1) is 0 Å². The number of ether oxygens (including phenoxy) is 2. The van der Waals surface area contributed by atoms with E-state index in [9.17, 15) is 9.59 Å². The molecule has 2 saturated heterocycles. The third-order valence-electron chi connectivity index (χ3n) is 4.29. The van der Waals surface area contributed by atoms with Crippen LogP contribution < -0.4 is 11.1 Å². The van der Waals surface area contributed by atoms with Gasteiger partial charge >= 0.3 is 0 Å². The second-order valence-corrected chi connectivity index (χ2v) is 5.83. The standard InChI is InChI=1S/C14H25N3O4/c1-20-10-12(18)17-6-2-11(3-7-17)16-13(19)14(15)4-8-21-9-5-14/h11H,2-10,15H2,1H3,(H,16,19). The van der Waals surface area contributed by atoms with Crippen molar-refractivity contribution >= 4 is 11.8 Å². The lowest BCUT2D eigenvalue weighted by Crippen LogP contribution is -2.59. The van der Waals surface area contributed by atoms with E-state index < -0.39 is 5.54 Å². The first kappa shape index (κ1) is 16.2. The third kappa shape index (κ3) is 4.15. The van der Waals surface area contributed by atoms with Crippen molar-refractivity contribution in [3.8, 4) is 0 Å². The Morgan fingerprint density at radius 2 is 1.95 bits per heavy atom. The largest absolute Gasteiger partial charge is 0.381 e. The van der Waals surface area contributed by atoms with Crippen LogP contribution in [0.15, 0.2) is 0 Å². The first-order valence-corrected chi connectivity index (χ1v) is 7.49. The van der Waals surface area contributed by atoms with Crippen molar-refractivity contribution in [1.82, 2.24) is 10.2 Å². The fourth-order valence-corrected chi connectivity index (χ4v) is 2.78. The summed E-state index contributed by atoms with van der Waals surface area (Å²) in [7, 11) is 1.51. The van der Waals surface area contributed by atoms with E-state index in [1.54, 1.807) is 4.90 Å². The summed E-state index contributed by atoms with van der Waals surface area (Å²) < 4.78 is 10.1. The van der Waals surface area contributed by atoms with Crippen molar-refractivity contribution in [3.05, 3.63) is 0 Å². The Labute approximate surface area is 125 Å². The van der Waals surface area contributed by atoms with Crippen molar-refractivity contribution in [2.45, 2.75) is 37.3 Å². The van der Waals surface area contributed by atoms with Gasteiger partial charge in [-0.25, -0.2) is 0 Å². The van der Waals surface area contributed by atoms with Crippen LogP contribution in [0.4, 0.5) is 0 Å². The van der Waals surface area contributed by atoms with Crippen molar-refractivity contribution in [1.29, 1.82) is 0 Å². The summed E-state index contributed by atoms with van der Waals surface area (Å²) >= 11 is 0. The van der Waals surface area contributed by atoms with Gasteiger partial charge in [0.1, 0.15) is 6.61 Å². The van der Waals surface area contributed by atoms with E-state index in [0.717, 1.165) is 12.8 Å². The van der Waals surface area contributed by atoms with Crippen LogP contribution >= 0.6 is 0 Å². The monoisotopic (exact) mass is 299 g/mol. The molecular formula is C14H25N3O4. The minimum atomic E-state index is -0.804. The van der Waals surface area contributed by atoms with Gasteiger partial charge < -0.3 is 25.4 Å². The number of carbonyl (C=O) groups excluding carboxylic acids is 2. The highest BCUT2D eigenvalue weighted by Gasteiger charge is 2.37. The minimum absolute atomic E-state index is 0.00185. The first-order valence-electron chi connectivity index (χ1n) is 7.49. The summed E-state index contributed by atoms with van der Waals surface area (Å²) in [4.78, 5) is 25.8. The highest BCUT2D eigenvalue weighted by Crippen LogP contribution is 2.19. The molecule has 0 atom stereocenters. The maximum Gasteiger partial charge on any atom is 0.248 e. The normalized spacial score (nSPS) is 22.9. The van der Waals surface area contributed by atoms with Gasteiger partial charge in [0.25, 0.3) is 0 Å². The van der Waals surface area contributed by atoms with E-state index in [-0.39, 0.29) is 24.5 Å². The Bertz CT molecular complexity index is 374. The van der Waals surface area contributed by atoms with E-state index in [2.05, 4.69) is 5.32 Å². The number of likely N-dealkylation sites (tertiary alicyclic amines) is 1. The van der Waals surface area contributed by atoms with Crippen molar-refractivity contribution in [2.24, 2.45) is 5.73 Å². The van der Waals surface area contributed by atoms with Gasteiger partial charge in [-0.05, 0) is 25.7 Å². The lowest BCUT2D eigenvalue weighted by atomic mass is 9.89. The number of carbonyl (C=O) groups is 2. The number of rotatable bonds is 4. The topological polar surface area (TPSA) is 93.9 Å². The lowest BCUT2D eigenvalue weighted by molar-refractivity contribution is -0.136. The van der Waals surface area contributed by atoms with Crippen LogP contribution in [0.5, 0.6) is 0 Å². The maximum absolute atomic E-state index is 12.3. The zero-order valence-corrected chi connectivity index (χ0v) is 12.6. The van der Waals surface area contributed by atoms with Crippen LogP contribution in [0.1, 0.15) is 25.7 Å². The number of methoxy groups -OCH3 is 1. The fourth-order valence-electron chi connectivity index (χ4n) is 2.78. The van der Waals surface area contributed by atoms with Crippen LogP contribution in [0.25, 0.3) is 0 Å². The molecule has 2 amide bonds. The number of hydrogen-bond donors (Lipinski definition) is 2. The van der Waals surface area contributed by atoms with Crippen molar-refractivity contribution < 1.29 is 19.1 Å². The van der Waals surface area contributed by atoms with Gasteiger partial charge in [0.2, 0.25) is 11.8 Å². The fraction of sp³-hybridized carbons (Fsp3) is 0.857. The van der Waals surface area contributed by atoms with Crippen molar-refractivity contribution in [2.75, 3.05) is 40.0 Å². The number of nitrogens with one attached hydrogen (secondary N) is 1. The molecule has 0 aromatic heterocycles. The number of nitrogens with two attached hydrogens (primary N) is 1. The number of piperidine rings is 1. The molecule has 0 aliphatic carbocycles. The summed E-state index contributed by atoms with van der Waals surface area (Å²) in [5.74, 6) is -0.0885. The molecule has 7 nitrogen and oxygen atoms in total. The van der Waals surface area contributed by atoms with Gasteiger partial charge in [-0.3, -0.25) is 9.59 Å². The molecule has 0 unspecified atom stereocenters. The zero-order chi connectivity index (χ0) is 15.3. The van der Waals surface area contributed by atoms with Gasteiger partial charge in [0.05, 0.1) is 5.54 Å². The molecule has 2 aliphatic rings. The average molecular weight is 299 g/mol. The summed E-state index contributed by atoms with van der Waals surface area (Å²) in [5, 5.41) is 3.03. The molecule has 21 heavy (non-hydrogen) atoms. The Morgan fingerprint density at radius 3 is 2.52 bits per heavy atom. The third-order valence-corrected chi connectivity index (χ3v) is 4.29. The van der Waals surface area contributed by atoms with Crippen molar-refractivity contribution in [3.63, 3.8) is 0 Å². The SMILES string of the molecule is COCC(=O)N1CCC(NC(=O)C2(N)CCOCC2)CC1. The van der Waals surface area contributed by atoms with Gasteiger partial charge in [0.15, 0.2) is 0 Å². The predicted octanol–water partition coefficient (Wildman–Crippen LogP) is -0.752. The van der Waals surface area contributed by atoms with E-state index in [1.165, 1.54) is 7.11 Å². The highest BCUT2D eigenvalue weighted by atomic mass is 16.5. The first-order chi connectivity index (χ1) is 10.0. The molecule has 0 spiro atoms.